The number of amides is 1. The molecular formula is C13H9BrF2N2O. The quantitative estimate of drug-likeness (QED) is 0.881. The molecule has 1 aromatic carbocycles. The molecule has 0 saturated heterocycles. The first-order chi connectivity index (χ1) is 9.06. The van der Waals surface area contributed by atoms with Gasteiger partial charge in [-0.05, 0) is 46.3 Å². The zero-order chi connectivity index (χ0) is 13.8. The first-order valence-electron chi connectivity index (χ1n) is 5.40. The summed E-state index contributed by atoms with van der Waals surface area (Å²) in [6.45, 7) is -0.0848. The molecule has 0 spiro atoms. The number of hydrogen-bond acceptors (Lipinski definition) is 2. The van der Waals surface area contributed by atoms with Crippen LogP contribution in [0.2, 0.25) is 0 Å². The summed E-state index contributed by atoms with van der Waals surface area (Å²) in [6, 6.07) is 6.30. The first-order valence-corrected chi connectivity index (χ1v) is 6.19. The fourth-order valence-electron chi connectivity index (χ4n) is 1.47. The molecule has 0 atom stereocenters. The van der Waals surface area contributed by atoms with Crippen molar-refractivity contribution in [3.63, 3.8) is 0 Å². The Labute approximate surface area is 116 Å². The standard InChI is InChI=1S/C13H9BrF2N2O/c14-12-4-1-8(6-17-12)13(19)18-7-9-5-10(15)2-3-11(9)16/h1-6H,7H2,(H,18,19). The summed E-state index contributed by atoms with van der Waals surface area (Å²) in [5, 5.41) is 2.50. The highest BCUT2D eigenvalue weighted by atomic mass is 79.9. The molecule has 0 aliphatic heterocycles. The van der Waals surface area contributed by atoms with Crippen LogP contribution in [-0.4, -0.2) is 10.9 Å². The Kier molecular flexibility index (Phi) is 4.21. The molecule has 1 N–H and O–H groups in total. The maximum absolute atomic E-state index is 13.3. The van der Waals surface area contributed by atoms with Crippen LogP contribution in [0.1, 0.15) is 15.9 Å². The summed E-state index contributed by atoms with van der Waals surface area (Å²) in [5.41, 5.74) is 0.443. The van der Waals surface area contributed by atoms with E-state index in [4.69, 9.17) is 0 Å². The summed E-state index contributed by atoms with van der Waals surface area (Å²) in [7, 11) is 0. The minimum atomic E-state index is -0.560. The lowest BCUT2D eigenvalue weighted by atomic mass is 10.2. The minimum Gasteiger partial charge on any atom is -0.348 e. The van der Waals surface area contributed by atoms with Crippen LogP contribution in [-0.2, 0) is 6.54 Å². The number of rotatable bonds is 3. The van der Waals surface area contributed by atoms with Crippen molar-refractivity contribution in [2.24, 2.45) is 0 Å². The van der Waals surface area contributed by atoms with Crippen LogP contribution in [0, 0.1) is 11.6 Å². The van der Waals surface area contributed by atoms with Crippen molar-refractivity contribution in [2.45, 2.75) is 6.54 Å². The van der Waals surface area contributed by atoms with Crippen LogP contribution in [0.25, 0.3) is 0 Å². The number of carbonyl (C=O) groups excluding carboxylic acids is 1. The molecule has 0 aliphatic carbocycles. The third-order valence-electron chi connectivity index (χ3n) is 2.44. The van der Waals surface area contributed by atoms with Gasteiger partial charge in [-0.2, -0.15) is 0 Å². The molecule has 6 heteroatoms. The van der Waals surface area contributed by atoms with Crippen molar-refractivity contribution in [2.75, 3.05) is 0 Å². The SMILES string of the molecule is O=C(NCc1cc(F)ccc1F)c1ccc(Br)nc1. The van der Waals surface area contributed by atoms with E-state index in [-0.39, 0.29) is 12.1 Å². The monoisotopic (exact) mass is 326 g/mol. The van der Waals surface area contributed by atoms with Crippen molar-refractivity contribution >= 4 is 21.8 Å². The summed E-state index contributed by atoms with van der Waals surface area (Å²) in [6.07, 6.45) is 1.39. The van der Waals surface area contributed by atoms with E-state index in [2.05, 4.69) is 26.2 Å². The number of nitrogens with zero attached hydrogens (tertiary/aromatic N) is 1. The van der Waals surface area contributed by atoms with Crippen molar-refractivity contribution in [3.05, 3.63) is 63.9 Å². The number of aromatic nitrogens is 1. The molecular weight excluding hydrogens is 318 g/mol. The predicted molar refractivity (Wildman–Crippen MR) is 69.5 cm³/mol. The normalized spacial score (nSPS) is 10.3. The highest BCUT2D eigenvalue weighted by Gasteiger charge is 2.08. The zero-order valence-electron chi connectivity index (χ0n) is 9.66. The fourth-order valence-corrected chi connectivity index (χ4v) is 1.70. The predicted octanol–water partition coefficient (Wildman–Crippen LogP) is 3.05. The van der Waals surface area contributed by atoms with E-state index in [1.807, 2.05) is 0 Å². The van der Waals surface area contributed by atoms with Gasteiger partial charge < -0.3 is 5.32 Å². The first kappa shape index (κ1) is 13.6. The van der Waals surface area contributed by atoms with E-state index < -0.39 is 17.5 Å². The summed E-state index contributed by atoms with van der Waals surface area (Å²) < 4.78 is 26.9. The van der Waals surface area contributed by atoms with Gasteiger partial charge in [0.2, 0.25) is 0 Å². The average molecular weight is 327 g/mol. The molecule has 0 aliphatic rings. The van der Waals surface area contributed by atoms with Crippen LogP contribution < -0.4 is 5.32 Å². The van der Waals surface area contributed by atoms with Crippen LogP contribution >= 0.6 is 15.9 Å². The van der Waals surface area contributed by atoms with Gasteiger partial charge in [-0.1, -0.05) is 0 Å². The molecule has 2 aromatic rings. The van der Waals surface area contributed by atoms with Gasteiger partial charge in [-0.25, -0.2) is 13.8 Å². The molecule has 0 radical (unpaired) electrons. The van der Waals surface area contributed by atoms with Crippen molar-refractivity contribution in [3.8, 4) is 0 Å². The van der Waals surface area contributed by atoms with Crippen LogP contribution in [0.3, 0.4) is 0 Å². The average Bonchev–Trinajstić information content (AvgIpc) is 2.40. The van der Waals surface area contributed by atoms with Gasteiger partial charge in [0, 0.05) is 18.3 Å². The molecule has 1 aromatic heterocycles. The van der Waals surface area contributed by atoms with E-state index in [9.17, 15) is 13.6 Å². The van der Waals surface area contributed by atoms with E-state index in [0.29, 0.717) is 10.2 Å². The lowest BCUT2D eigenvalue weighted by Gasteiger charge is -2.06. The van der Waals surface area contributed by atoms with Gasteiger partial charge in [-0.3, -0.25) is 4.79 Å². The number of hydrogen-bond donors (Lipinski definition) is 1. The van der Waals surface area contributed by atoms with Gasteiger partial charge in [0.15, 0.2) is 0 Å². The molecule has 2 rings (SSSR count). The van der Waals surface area contributed by atoms with E-state index >= 15 is 0 Å². The van der Waals surface area contributed by atoms with Crippen molar-refractivity contribution in [1.82, 2.24) is 10.3 Å². The molecule has 1 heterocycles. The number of nitrogens with one attached hydrogen (secondary N) is 1. The molecule has 98 valence electrons. The van der Waals surface area contributed by atoms with Crippen molar-refractivity contribution in [1.29, 1.82) is 0 Å². The molecule has 0 saturated carbocycles. The van der Waals surface area contributed by atoms with Gasteiger partial charge in [-0.15, -0.1) is 0 Å². The van der Waals surface area contributed by atoms with E-state index in [1.165, 1.54) is 6.20 Å². The van der Waals surface area contributed by atoms with Crippen LogP contribution in [0.4, 0.5) is 8.78 Å². The number of pyridine rings is 1. The lowest BCUT2D eigenvalue weighted by molar-refractivity contribution is 0.0950. The highest BCUT2D eigenvalue weighted by Crippen LogP contribution is 2.10. The number of halogens is 3. The lowest BCUT2D eigenvalue weighted by Crippen LogP contribution is -2.23. The Hall–Kier alpha value is -1.82. The Morgan fingerprint density at radius 3 is 2.74 bits per heavy atom. The van der Waals surface area contributed by atoms with Crippen molar-refractivity contribution < 1.29 is 13.6 Å². The molecule has 1 amide bonds. The van der Waals surface area contributed by atoms with Crippen LogP contribution in [0.15, 0.2) is 41.1 Å². The maximum Gasteiger partial charge on any atom is 0.253 e. The fraction of sp³-hybridized carbons (Fsp3) is 0.0769. The summed E-state index contributed by atoms with van der Waals surface area (Å²) in [4.78, 5) is 15.7. The highest BCUT2D eigenvalue weighted by molar-refractivity contribution is 9.10. The second kappa shape index (κ2) is 5.88. The topological polar surface area (TPSA) is 42.0 Å². The second-order valence-electron chi connectivity index (χ2n) is 3.79. The van der Waals surface area contributed by atoms with E-state index in [0.717, 1.165) is 18.2 Å². The Morgan fingerprint density at radius 2 is 2.05 bits per heavy atom. The third-order valence-corrected chi connectivity index (χ3v) is 2.91. The van der Waals surface area contributed by atoms with Gasteiger partial charge in [0.1, 0.15) is 16.2 Å². The second-order valence-corrected chi connectivity index (χ2v) is 4.60. The molecule has 0 bridgehead atoms. The van der Waals surface area contributed by atoms with Gasteiger partial charge >= 0.3 is 0 Å². The third kappa shape index (κ3) is 3.57. The minimum absolute atomic E-state index is 0.0848. The zero-order valence-corrected chi connectivity index (χ0v) is 11.2. The summed E-state index contributed by atoms with van der Waals surface area (Å²) >= 11 is 3.15. The molecule has 19 heavy (non-hydrogen) atoms. The maximum atomic E-state index is 13.3. The number of carbonyl (C=O) groups is 1. The van der Waals surface area contributed by atoms with Gasteiger partial charge in [0.05, 0.1) is 5.56 Å². The molecule has 0 fully saturated rings. The number of benzene rings is 1. The smallest absolute Gasteiger partial charge is 0.253 e. The molecule has 0 unspecified atom stereocenters. The van der Waals surface area contributed by atoms with E-state index in [1.54, 1.807) is 12.1 Å². The largest absolute Gasteiger partial charge is 0.348 e. The van der Waals surface area contributed by atoms with Crippen LogP contribution in [0.5, 0.6) is 0 Å². The Balaban J connectivity index is 2.04. The Bertz CT molecular complexity index is 602. The summed E-state index contributed by atoms with van der Waals surface area (Å²) in [5.74, 6) is -1.50. The molecule has 3 nitrogen and oxygen atoms in total. The Morgan fingerprint density at radius 1 is 1.26 bits per heavy atom. The van der Waals surface area contributed by atoms with Gasteiger partial charge in [0.25, 0.3) is 5.91 Å².